The quantitative estimate of drug-likeness (QED) is 0.659. The predicted octanol–water partition coefficient (Wildman–Crippen LogP) is 3.47. The van der Waals surface area contributed by atoms with Crippen LogP contribution in [0.3, 0.4) is 0 Å². The van der Waals surface area contributed by atoms with Crippen molar-refractivity contribution in [3.8, 4) is 0 Å². The molecule has 0 radical (unpaired) electrons. The van der Waals surface area contributed by atoms with Crippen LogP contribution >= 0.6 is 22.6 Å². The first-order chi connectivity index (χ1) is 7.15. The standard InChI is InChI=1S/C12H17IN2/c1-8(6-9-2-3-9)15-12-5-4-10(14)7-11(12)13/h4-5,7-9,15H,2-3,6,14H2,1H3. The van der Waals surface area contributed by atoms with Gasteiger partial charge in [-0.25, -0.2) is 0 Å². The van der Waals surface area contributed by atoms with Gasteiger partial charge in [0.25, 0.3) is 0 Å². The van der Waals surface area contributed by atoms with Crippen molar-refractivity contribution in [1.82, 2.24) is 0 Å². The van der Waals surface area contributed by atoms with Crippen LogP contribution in [-0.4, -0.2) is 6.04 Å². The number of rotatable bonds is 4. The molecular weight excluding hydrogens is 299 g/mol. The second kappa shape index (κ2) is 4.60. The highest BCUT2D eigenvalue weighted by Crippen LogP contribution is 2.34. The van der Waals surface area contributed by atoms with E-state index in [-0.39, 0.29) is 0 Å². The molecular formula is C12H17IN2. The van der Waals surface area contributed by atoms with E-state index in [0.717, 1.165) is 11.6 Å². The van der Waals surface area contributed by atoms with Crippen LogP contribution in [0.4, 0.5) is 11.4 Å². The molecule has 0 aliphatic heterocycles. The van der Waals surface area contributed by atoms with E-state index in [1.807, 2.05) is 12.1 Å². The maximum atomic E-state index is 5.72. The van der Waals surface area contributed by atoms with Crippen LogP contribution in [0.5, 0.6) is 0 Å². The van der Waals surface area contributed by atoms with E-state index in [2.05, 4.69) is 40.9 Å². The molecule has 1 unspecified atom stereocenters. The Morgan fingerprint density at radius 1 is 1.53 bits per heavy atom. The van der Waals surface area contributed by atoms with Gasteiger partial charge in [-0.3, -0.25) is 0 Å². The van der Waals surface area contributed by atoms with Gasteiger partial charge in [-0.1, -0.05) is 12.8 Å². The fourth-order valence-electron chi connectivity index (χ4n) is 1.83. The fraction of sp³-hybridized carbons (Fsp3) is 0.500. The smallest absolute Gasteiger partial charge is 0.0479 e. The summed E-state index contributed by atoms with van der Waals surface area (Å²) in [6.07, 6.45) is 4.14. The highest BCUT2D eigenvalue weighted by atomic mass is 127. The van der Waals surface area contributed by atoms with E-state index in [1.165, 1.54) is 28.5 Å². The third-order valence-corrected chi connectivity index (χ3v) is 3.67. The third kappa shape index (κ3) is 3.26. The average Bonchev–Trinajstić information content (AvgIpc) is 2.94. The van der Waals surface area contributed by atoms with E-state index in [1.54, 1.807) is 0 Å². The van der Waals surface area contributed by atoms with Gasteiger partial charge in [-0.05, 0) is 60.1 Å². The van der Waals surface area contributed by atoms with Crippen LogP contribution < -0.4 is 11.1 Å². The minimum atomic E-state index is 0.564. The van der Waals surface area contributed by atoms with Crippen molar-refractivity contribution < 1.29 is 0 Å². The monoisotopic (exact) mass is 316 g/mol. The van der Waals surface area contributed by atoms with Crippen molar-refractivity contribution in [3.05, 3.63) is 21.8 Å². The predicted molar refractivity (Wildman–Crippen MR) is 74.0 cm³/mol. The Morgan fingerprint density at radius 2 is 2.27 bits per heavy atom. The van der Waals surface area contributed by atoms with Crippen molar-refractivity contribution in [1.29, 1.82) is 0 Å². The Morgan fingerprint density at radius 3 is 2.87 bits per heavy atom. The van der Waals surface area contributed by atoms with Crippen LogP contribution in [0, 0.1) is 9.49 Å². The maximum absolute atomic E-state index is 5.72. The summed E-state index contributed by atoms with van der Waals surface area (Å²) in [5.41, 5.74) is 7.76. The largest absolute Gasteiger partial charge is 0.399 e. The summed E-state index contributed by atoms with van der Waals surface area (Å²) in [5.74, 6) is 0.971. The van der Waals surface area contributed by atoms with Gasteiger partial charge < -0.3 is 11.1 Å². The van der Waals surface area contributed by atoms with Gasteiger partial charge in [0.05, 0.1) is 0 Å². The number of anilines is 2. The Kier molecular flexibility index (Phi) is 3.38. The topological polar surface area (TPSA) is 38.0 Å². The first-order valence-electron chi connectivity index (χ1n) is 5.46. The molecule has 1 aromatic rings. The van der Waals surface area contributed by atoms with Crippen LogP contribution in [0.25, 0.3) is 0 Å². The fourth-order valence-corrected chi connectivity index (χ4v) is 2.52. The van der Waals surface area contributed by atoms with Gasteiger partial charge in [0.15, 0.2) is 0 Å². The lowest BCUT2D eigenvalue weighted by atomic mass is 10.1. The van der Waals surface area contributed by atoms with E-state index in [4.69, 9.17) is 5.73 Å². The molecule has 1 atom stereocenters. The summed E-state index contributed by atoms with van der Waals surface area (Å²) in [6, 6.07) is 6.59. The summed E-state index contributed by atoms with van der Waals surface area (Å²) in [5, 5.41) is 3.55. The highest BCUT2D eigenvalue weighted by Gasteiger charge is 2.23. The zero-order valence-electron chi connectivity index (χ0n) is 8.96. The number of nitrogens with one attached hydrogen (secondary N) is 1. The number of hydrogen-bond acceptors (Lipinski definition) is 2. The van der Waals surface area contributed by atoms with Crippen LogP contribution in [0.1, 0.15) is 26.2 Å². The molecule has 0 amide bonds. The molecule has 2 nitrogen and oxygen atoms in total. The van der Waals surface area contributed by atoms with Gasteiger partial charge in [0.2, 0.25) is 0 Å². The molecule has 1 saturated carbocycles. The summed E-state index contributed by atoms with van der Waals surface area (Å²) in [6.45, 7) is 2.25. The van der Waals surface area contributed by atoms with Crippen molar-refractivity contribution in [3.63, 3.8) is 0 Å². The van der Waals surface area contributed by atoms with Crippen LogP contribution in [0.2, 0.25) is 0 Å². The summed E-state index contributed by atoms with van der Waals surface area (Å²) >= 11 is 2.33. The molecule has 2 rings (SSSR count). The molecule has 0 spiro atoms. The van der Waals surface area contributed by atoms with Gasteiger partial charge in [0, 0.05) is 21.0 Å². The zero-order valence-corrected chi connectivity index (χ0v) is 11.1. The Bertz CT molecular complexity index is 347. The lowest BCUT2D eigenvalue weighted by Crippen LogP contribution is -2.16. The number of halogens is 1. The maximum Gasteiger partial charge on any atom is 0.0479 e. The Hall–Kier alpha value is -0.450. The average molecular weight is 316 g/mol. The first kappa shape index (κ1) is 11.0. The van der Waals surface area contributed by atoms with Crippen LogP contribution in [-0.2, 0) is 0 Å². The van der Waals surface area contributed by atoms with Crippen molar-refractivity contribution >= 4 is 34.0 Å². The van der Waals surface area contributed by atoms with Gasteiger partial charge in [-0.15, -0.1) is 0 Å². The first-order valence-corrected chi connectivity index (χ1v) is 6.54. The molecule has 0 bridgehead atoms. The van der Waals surface area contributed by atoms with Gasteiger partial charge >= 0.3 is 0 Å². The molecule has 0 saturated heterocycles. The molecule has 0 aromatic heterocycles. The summed E-state index contributed by atoms with van der Waals surface area (Å²) < 4.78 is 1.20. The van der Waals surface area contributed by atoms with E-state index in [0.29, 0.717) is 6.04 Å². The second-order valence-electron chi connectivity index (χ2n) is 4.46. The second-order valence-corrected chi connectivity index (χ2v) is 5.63. The van der Waals surface area contributed by atoms with Crippen LogP contribution in [0.15, 0.2) is 18.2 Å². The number of nitrogens with two attached hydrogens (primary N) is 1. The van der Waals surface area contributed by atoms with Crippen molar-refractivity contribution in [2.24, 2.45) is 5.92 Å². The Labute approximate surface area is 105 Å². The van der Waals surface area contributed by atoms with E-state index < -0.39 is 0 Å². The SMILES string of the molecule is CC(CC1CC1)Nc1ccc(N)cc1I. The summed E-state index contributed by atoms with van der Waals surface area (Å²) in [7, 11) is 0. The highest BCUT2D eigenvalue weighted by molar-refractivity contribution is 14.1. The normalized spacial score (nSPS) is 17.5. The molecule has 3 N–H and O–H groups in total. The number of nitrogen functional groups attached to an aromatic ring is 1. The molecule has 1 fully saturated rings. The molecule has 3 heteroatoms. The molecule has 1 aliphatic rings. The number of benzene rings is 1. The zero-order chi connectivity index (χ0) is 10.8. The minimum Gasteiger partial charge on any atom is -0.399 e. The van der Waals surface area contributed by atoms with Crippen molar-refractivity contribution in [2.45, 2.75) is 32.2 Å². The molecule has 1 aliphatic carbocycles. The van der Waals surface area contributed by atoms with Gasteiger partial charge in [-0.2, -0.15) is 0 Å². The summed E-state index contributed by atoms with van der Waals surface area (Å²) in [4.78, 5) is 0. The molecule has 0 heterocycles. The van der Waals surface area contributed by atoms with Gasteiger partial charge in [0.1, 0.15) is 0 Å². The minimum absolute atomic E-state index is 0.564. The number of hydrogen-bond donors (Lipinski definition) is 2. The van der Waals surface area contributed by atoms with Crippen molar-refractivity contribution in [2.75, 3.05) is 11.1 Å². The third-order valence-electron chi connectivity index (χ3n) is 2.78. The Balaban J connectivity index is 1.96. The lowest BCUT2D eigenvalue weighted by molar-refractivity contribution is 0.642. The molecule has 15 heavy (non-hydrogen) atoms. The molecule has 82 valence electrons. The van der Waals surface area contributed by atoms with E-state index in [9.17, 15) is 0 Å². The van der Waals surface area contributed by atoms with E-state index >= 15 is 0 Å². The molecule has 1 aromatic carbocycles. The lowest BCUT2D eigenvalue weighted by Gasteiger charge is -2.16.